The molecular weight excluding hydrogens is 485 g/mol. The molecule has 2 aromatic carbocycles. The minimum absolute atomic E-state index is 0.00591. The van der Waals surface area contributed by atoms with E-state index in [2.05, 4.69) is 45.0 Å². The fourth-order valence-electron chi connectivity index (χ4n) is 4.22. The summed E-state index contributed by atoms with van der Waals surface area (Å²) in [4.78, 5) is 20.5. The number of aryl methyl sites for hydroxylation is 1. The van der Waals surface area contributed by atoms with Crippen LogP contribution in [0.25, 0.3) is 0 Å². The Balaban J connectivity index is 1.67. The third kappa shape index (κ3) is 6.27. The zero-order valence-electron chi connectivity index (χ0n) is 20.0. The van der Waals surface area contributed by atoms with Crippen LogP contribution in [0, 0.1) is 6.92 Å². The smallest absolute Gasteiger partial charge is 0.350 e. The van der Waals surface area contributed by atoms with Gasteiger partial charge in [0.05, 0.1) is 23.7 Å². The Bertz CT molecular complexity index is 1220. The van der Waals surface area contributed by atoms with E-state index >= 15 is 0 Å². The first kappa shape index (κ1) is 25.3. The van der Waals surface area contributed by atoms with E-state index in [9.17, 15) is 9.46 Å². The molecule has 1 aliphatic heterocycles. The lowest BCUT2D eigenvalue weighted by Gasteiger charge is -2.26. The van der Waals surface area contributed by atoms with Crippen molar-refractivity contribution in [2.45, 2.75) is 45.6 Å². The van der Waals surface area contributed by atoms with Gasteiger partial charge in [0.25, 0.3) is 0 Å². The molecule has 0 amide bonds. The third-order valence-corrected chi connectivity index (χ3v) is 6.91. The molecule has 3 N–H and O–H groups in total. The van der Waals surface area contributed by atoms with Gasteiger partial charge in [-0.2, -0.15) is 4.98 Å². The summed E-state index contributed by atoms with van der Waals surface area (Å²) in [5.41, 5.74) is 3.64. The molecule has 4 rings (SSSR count). The molecular formula is C25H29ClN5O3P. The Morgan fingerprint density at radius 3 is 2.63 bits per heavy atom. The number of para-hydroxylation sites is 1. The second-order valence-corrected chi connectivity index (χ2v) is 10.2. The van der Waals surface area contributed by atoms with Gasteiger partial charge in [-0.25, -0.2) is 4.98 Å². The first-order valence-electron chi connectivity index (χ1n) is 11.6. The number of piperidine rings is 1. The first-order chi connectivity index (χ1) is 16.8. The van der Waals surface area contributed by atoms with Crippen molar-refractivity contribution < 1.29 is 14.2 Å². The molecule has 0 radical (unpaired) electrons. The van der Waals surface area contributed by atoms with Crippen LogP contribution >= 0.6 is 19.6 Å². The lowest BCUT2D eigenvalue weighted by atomic mass is 9.87. The van der Waals surface area contributed by atoms with Gasteiger partial charge in [-0.15, -0.1) is 0 Å². The van der Waals surface area contributed by atoms with Gasteiger partial charge in [0.15, 0.2) is 5.82 Å². The fraction of sp³-hybridized carbons (Fsp3) is 0.360. The minimum Gasteiger partial charge on any atom is -0.591 e. The Morgan fingerprint density at radius 1 is 1.17 bits per heavy atom. The Labute approximate surface area is 211 Å². The van der Waals surface area contributed by atoms with E-state index in [4.69, 9.17) is 16.3 Å². The van der Waals surface area contributed by atoms with Gasteiger partial charge in [0.1, 0.15) is 10.8 Å². The molecule has 0 saturated carbocycles. The number of rotatable bonds is 8. The molecule has 0 aliphatic carbocycles. The normalized spacial score (nSPS) is 14.6. The number of nitrogens with zero attached hydrogens (tertiary/aromatic N) is 2. The molecule has 184 valence electrons. The Hall–Kier alpha value is -2.77. The highest BCUT2D eigenvalue weighted by Gasteiger charge is 2.21. The van der Waals surface area contributed by atoms with Crippen LogP contribution in [0.5, 0.6) is 5.75 Å². The number of hydrogen-bond donors (Lipinski definition) is 3. The predicted octanol–water partition coefficient (Wildman–Crippen LogP) is 4.91. The molecule has 1 aromatic heterocycles. The van der Waals surface area contributed by atoms with E-state index in [1.54, 1.807) is 18.2 Å². The summed E-state index contributed by atoms with van der Waals surface area (Å²) >= 11 is 6.33. The molecule has 1 atom stereocenters. The highest BCUT2D eigenvalue weighted by Crippen LogP contribution is 2.37. The zero-order valence-corrected chi connectivity index (χ0v) is 21.6. The summed E-state index contributed by atoms with van der Waals surface area (Å²) in [6.07, 6.45) is 3.63. The average molecular weight is 514 g/mol. The van der Waals surface area contributed by atoms with Crippen molar-refractivity contribution in [3.8, 4) is 5.75 Å². The zero-order chi connectivity index (χ0) is 24.9. The molecule has 0 bridgehead atoms. The van der Waals surface area contributed by atoms with Crippen LogP contribution in [0.15, 0.2) is 42.6 Å². The van der Waals surface area contributed by atoms with Crippen molar-refractivity contribution >= 4 is 48.1 Å². The maximum Gasteiger partial charge on any atom is 0.350 e. The summed E-state index contributed by atoms with van der Waals surface area (Å²) in [6.45, 7) is 8.09. The molecule has 1 unspecified atom stereocenters. The number of ether oxygens (including phenoxy) is 1. The summed E-state index contributed by atoms with van der Waals surface area (Å²) < 4.78 is 17.7. The van der Waals surface area contributed by atoms with E-state index in [-0.39, 0.29) is 16.4 Å². The van der Waals surface area contributed by atoms with Crippen molar-refractivity contribution in [1.29, 1.82) is 0 Å². The third-order valence-electron chi connectivity index (χ3n) is 5.85. The van der Waals surface area contributed by atoms with Gasteiger partial charge in [-0.05, 0) is 88.0 Å². The maximum absolute atomic E-state index is 11.6. The van der Waals surface area contributed by atoms with E-state index in [0.29, 0.717) is 23.4 Å². The molecule has 35 heavy (non-hydrogen) atoms. The number of aromatic nitrogens is 2. The second-order valence-electron chi connectivity index (χ2n) is 8.81. The lowest BCUT2D eigenvalue weighted by Crippen LogP contribution is -2.27. The van der Waals surface area contributed by atoms with Crippen LogP contribution < -0.4 is 30.9 Å². The molecule has 2 heterocycles. The maximum atomic E-state index is 11.6. The SMILES string of the molecule is Cc1cc(OC(C)C)c(Nc2ncc(Cl)c(Nc3ccccc3[P+](=O)[O-])n2)cc1C1CCNCC1. The number of anilines is 4. The lowest BCUT2D eigenvalue weighted by molar-refractivity contribution is -0.160. The van der Waals surface area contributed by atoms with Crippen LogP contribution in [-0.4, -0.2) is 29.2 Å². The van der Waals surface area contributed by atoms with E-state index in [0.717, 1.165) is 37.4 Å². The van der Waals surface area contributed by atoms with Gasteiger partial charge >= 0.3 is 8.03 Å². The molecule has 1 saturated heterocycles. The summed E-state index contributed by atoms with van der Waals surface area (Å²) in [5, 5.41) is 10.2. The summed E-state index contributed by atoms with van der Waals surface area (Å²) in [7, 11) is -2.78. The number of nitrogens with one attached hydrogen (secondary N) is 3. The molecule has 10 heteroatoms. The van der Waals surface area contributed by atoms with Crippen LogP contribution in [0.1, 0.15) is 43.7 Å². The van der Waals surface area contributed by atoms with Gasteiger partial charge in [0.2, 0.25) is 11.3 Å². The van der Waals surface area contributed by atoms with Crippen LogP contribution in [0.3, 0.4) is 0 Å². The van der Waals surface area contributed by atoms with Crippen molar-refractivity contribution in [3.63, 3.8) is 0 Å². The van der Waals surface area contributed by atoms with Crippen LogP contribution in [-0.2, 0) is 4.57 Å². The van der Waals surface area contributed by atoms with Crippen LogP contribution in [0.2, 0.25) is 5.02 Å². The largest absolute Gasteiger partial charge is 0.591 e. The predicted molar refractivity (Wildman–Crippen MR) is 139 cm³/mol. The van der Waals surface area contributed by atoms with E-state index in [1.165, 1.54) is 23.4 Å². The van der Waals surface area contributed by atoms with Crippen molar-refractivity contribution in [2.75, 3.05) is 23.7 Å². The van der Waals surface area contributed by atoms with E-state index in [1.807, 2.05) is 13.8 Å². The Morgan fingerprint density at radius 2 is 1.91 bits per heavy atom. The summed E-state index contributed by atoms with van der Waals surface area (Å²) in [6, 6.07) is 10.8. The van der Waals surface area contributed by atoms with Crippen molar-refractivity contribution in [3.05, 3.63) is 58.7 Å². The fourth-order valence-corrected chi connectivity index (χ4v) is 4.89. The molecule has 1 aliphatic rings. The van der Waals surface area contributed by atoms with E-state index < -0.39 is 8.03 Å². The molecule has 8 nitrogen and oxygen atoms in total. The van der Waals surface area contributed by atoms with Gasteiger partial charge in [-0.1, -0.05) is 28.3 Å². The number of benzene rings is 2. The minimum atomic E-state index is -2.78. The highest BCUT2D eigenvalue weighted by atomic mass is 35.5. The average Bonchev–Trinajstić information content (AvgIpc) is 2.83. The van der Waals surface area contributed by atoms with Crippen molar-refractivity contribution in [1.82, 2.24) is 15.3 Å². The molecule has 0 spiro atoms. The standard InChI is InChI=1S/C25H29ClN5O3P/c1-15(2)34-22-12-16(3)18(17-8-10-27-11-9-17)13-21(22)30-25-28-14-19(26)24(31-25)29-20-6-4-5-7-23(20)35(32)33/h4-7,12-15,17,27H,8-11H2,1-3H3,(H2,28,29,30,31). The monoisotopic (exact) mass is 513 g/mol. The van der Waals surface area contributed by atoms with Gasteiger partial charge in [0, 0.05) is 0 Å². The van der Waals surface area contributed by atoms with Gasteiger partial charge < -0.3 is 25.6 Å². The Kier molecular flexibility index (Phi) is 8.19. The topological polar surface area (TPSA) is 111 Å². The van der Waals surface area contributed by atoms with Crippen LogP contribution in [0.4, 0.5) is 23.1 Å². The molecule has 3 aromatic rings. The quantitative estimate of drug-likeness (QED) is 0.364. The highest BCUT2D eigenvalue weighted by molar-refractivity contribution is 7.46. The van der Waals surface area contributed by atoms with Gasteiger partial charge in [-0.3, -0.25) is 0 Å². The summed E-state index contributed by atoms with van der Waals surface area (Å²) in [5.74, 6) is 1.80. The first-order valence-corrected chi connectivity index (χ1v) is 13.2. The second kappa shape index (κ2) is 11.3. The molecule has 1 fully saturated rings. The number of hydrogen-bond acceptors (Lipinski definition) is 8. The van der Waals surface area contributed by atoms with Crippen molar-refractivity contribution in [2.24, 2.45) is 0 Å². The number of halogens is 1.